The number of aryl methyl sites for hydroxylation is 1. The van der Waals surface area contributed by atoms with E-state index in [0.29, 0.717) is 17.3 Å². The van der Waals surface area contributed by atoms with Crippen LogP contribution in [0.3, 0.4) is 0 Å². The smallest absolute Gasteiger partial charge is 0.233 e. The number of hydrogen-bond donors (Lipinski definition) is 1. The van der Waals surface area contributed by atoms with Gasteiger partial charge in [0.15, 0.2) is 0 Å². The molecule has 1 aromatic heterocycles. The van der Waals surface area contributed by atoms with Crippen molar-refractivity contribution in [3.05, 3.63) is 45.0 Å². The zero-order chi connectivity index (χ0) is 14.0. The summed E-state index contributed by atoms with van der Waals surface area (Å²) in [5.74, 6) is 1.20. The van der Waals surface area contributed by atoms with Crippen molar-refractivity contribution in [1.82, 2.24) is 4.98 Å². The van der Waals surface area contributed by atoms with Crippen molar-refractivity contribution in [2.75, 3.05) is 5.73 Å². The van der Waals surface area contributed by atoms with E-state index in [0.717, 1.165) is 27.0 Å². The largest absolute Gasteiger partial charge is 0.438 e. The van der Waals surface area contributed by atoms with Gasteiger partial charge in [0, 0.05) is 5.02 Å². The summed E-state index contributed by atoms with van der Waals surface area (Å²) >= 11 is 9.52. The van der Waals surface area contributed by atoms with E-state index in [4.69, 9.17) is 22.1 Å². The Kier molecular flexibility index (Phi) is 4.32. The van der Waals surface area contributed by atoms with Crippen LogP contribution in [0.5, 0.6) is 11.6 Å². The van der Waals surface area contributed by atoms with Crippen LogP contribution >= 0.6 is 27.5 Å². The predicted molar refractivity (Wildman–Crippen MR) is 82.0 cm³/mol. The molecule has 1 heterocycles. The van der Waals surface area contributed by atoms with Crippen LogP contribution in [0.1, 0.15) is 18.1 Å². The summed E-state index contributed by atoms with van der Waals surface area (Å²) in [6.07, 6.45) is 2.44. The molecule has 0 spiro atoms. The first-order valence-electron chi connectivity index (χ1n) is 5.89. The number of hydrogen-bond acceptors (Lipinski definition) is 3. The van der Waals surface area contributed by atoms with E-state index >= 15 is 0 Å². The SMILES string of the molecule is CCc1cc(Oc2ncc(N)c(C)c2Br)ccc1Cl. The second kappa shape index (κ2) is 5.80. The topological polar surface area (TPSA) is 48.1 Å². The van der Waals surface area contributed by atoms with Crippen LogP contribution in [-0.2, 0) is 6.42 Å². The number of anilines is 1. The summed E-state index contributed by atoms with van der Waals surface area (Å²) in [5.41, 5.74) is 8.37. The lowest BCUT2D eigenvalue weighted by Gasteiger charge is -2.11. The molecule has 0 saturated carbocycles. The van der Waals surface area contributed by atoms with Crippen LogP contribution in [0.4, 0.5) is 5.69 Å². The summed E-state index contributed by atoms with van der Waals surface area (Å²) in [6, 6.07) is 5.57. The zero-order valence-electron chi connectivity index (χ0n) is 10.7. The lowest BCUT2D eigenvalue weighted by atomic mass is 10.1. The molecule has 0 bridgehead atoms. The fourth-order valence-electron chi connectivity index (χ4n) is 1.64. The Morgan fingerprint density at radius 1 is 1.42 bits per heavy atom. The zero-order valence-corrected chi connectivity index (χ0v) is 13.0. The molecular formula is C14H14BrClN2O. The third-order valence-electron chi connectivity index (χ3n) is 2.88. The summed E-state index contributed by atoms with van der Waals surface area (Å²) in [7, 11) is 0. The van der Waals surface area contributed by atoms with Gasteiger partial charge in [0.25, 0.3) is 0 Å². The van der Waals surface area contributed by atoms with Gasteiger partial charge in [0.05, 0.1) is 16.4 Å². The normalized spacial score (nSPS) is 10.5. The molecular weight excluding hydrogens is 328 g/mol. The van der Waals surface area contributed by atoms with Gasteiger partial charge in [-0.05, 0) is 58.6 Å². The molecule has 0 atom stereocenters. The van der Waals surface area contributed by atoms with Gasteiger partial charge in [-0.25, -0.2) is 4.98 Å². The summed E-state index contributed by atoms with van der Waals surface area (Å²) in [4.78, 5) is 4.18. The van der Waals surface area contributed by atoms with Crippen molar-refractivity contribution >= 4 is 33.2 Å². The lowest BCUT2D eigenvalue weighted by Crippen LogP contribution is -1.96. The number of nitrogen functional groups attached to an aromatic ring is 1. The monoisotopic (exact) mass is 340 g/mol. The minimum atomic E-state index is 0.496. The Bertz CT molecular complexity index is 617. The molecule has 3 nitrogen and oxygen atoms in total. The molecule has 0 saturated heterocycles. The first kappa shape index (κ1) is 14.2. The molecule has 0 aliphatic heterocycles. The highest BCUT2D eigenvalue weighted by molar-refractivity contribution is 9.10. The second-order valence-corrected chi connectivity index (χ2v) is 5.37. The van der Waals surface area contributed by atoms with Crippen molar-refractivity contribution in [2.24, 2.45) is 0 Å². The van der Waals surface area contributed by atoms with Crippen molar-refractivity contribution in [2.45, 2.75) is 20.3 Å². The third-order valence-corrected chi connectivity index (χ3v) is 4.19. The highest BCUT2D eigenvalue weighted by Crippen LogP contribution is 2.33. The van der Waals surface area contributed by atoms with Crippen LogP contribution in [0, 0.1) is 6.92 Å². The molecule has 100 valence electrons. The molecule has 0 radical (unpaired) electrons. The van der Waals surface area contributed by atoms with E-state index in [9.17, 15) is 0 Å². The van der Waals surface area contributed by atoms with Crippen LogP contribution in [-0.4, -0.2) is 4.98 Å². The number of ether oxygens (including phenoxy) is 1. The van der Waals surface area contributed by atoms with E-state index in [1.165, 1.54) is 0 Å². The van der Waals surface area contributed by atoms with Gasteiger partial charge < -0.3 is 10.5 Å². The molecule has 19 heavy (non-hydrogen) atoms. The van der Waals surface area contributed by atoms with Crippen LogP contribution < -0.4 is 10.5 Å². The predicted octanol–water partition coefficient (Wildman–Crippen LogP) is 4.74. The number of halogens is 2. The molecule has 2 aromatic rings. The Morgan fingerprint density at radius 2 is 2.16 bits per heavy atom. The van der Waals surface area contributed by atoms with Gasteiger partial charge in [0.2, 0.25) is 5.88 Å². The Morgan fingerprint density at radius 3 is 2.84 bits per heavy atom. The molecule has 0 aliphatic carbocycles. The highest BCUT2D eigenvalue weighted by Gasteiger charge is 2.10. The van der Waals surface area contributed by atoms with Gasteiger partial charge in [-0.15, -0.1) is 0 Å². The molecule has 5 heteroatoms. The van der Waals surface area contributed by atoms with Gasteiger partial charge >= 0.3 is 0 Å². The average molecular weight is 342 g/mol. The molecule has 2 rings (SSSR count). The van der Waals surface area contributed by atoms with E-state index in [-0.39, 0.29) is 0 Å². The highest BCUT2D eigenvalue weighted by atomic mass is 79.9. The van der Waals surface area contributed by atoms with Crippen molar-refractivity contribution in [1.29, 1.82) is 0 Å². The Labute approximate surface area is 125 Å². The van der Waals surface area contributed by atoms with Crippen LogP contribution in [0.15, 0.2) is 28.9 Å². The molecule has 0 fully saturated rings. The average Bonchev–Trinajstić information content (AvgIpc) is 2.41. The number of pyridine rings is 1. The molecule has 2 N–H and O–H groups in total. The van der Waals surface area contributed by atoms with Crippen LogP contribution in [0.2, 0.25) is 5.02 Å². The fourth-order valence-corrected chi connectivity index (χ4v) is 2.30. The van der Waals surface area contributed by atoms with Gasteiger partial charge in [-0.1, -0.05) is 18.5 Å². The van der Waals surface area contributed by atoms with Gasteiger partial charge in [-0.2, -0.15) is 0 Å². The molecule has 0 amide bonds. The van der Waals surface area contributed by atoms with Crippen molar-refractivity contribution in [3.63, 3.8) is 0 Å². The standard InChI is InChI=1S/C14H14BrClN2O/c1-3-9-6-10(4-5-11(9)16)19-14-13(15)8(2)12(17)7-18-14/h4-7H,3,17H2,1-2H3. The van der Waals surface area contributed by atoms with E-state index in [2.05, 4.69) is 20.9 Å². The Hall–Kier alpha value is -1.26. The molecule has 0 aliphatic rings. The summed E-state index contributed by atoms with van der Waals surface area (Å²) in [5, 5.41) is 0.746. The fraction of sp³-hybridized carbons (Fsp3) is 0.214. The first-order chi connectivity index (χ1) is 9.02. The minimum Gasteiger partial charge on any atom is -0.438 e. The second-order valence-electron chi connectivity index (χ2n) is 4.17. The van der Waals surface area contributed by atoms with Gasteiger partial charge in [-0.3, -0.25) is 0 Å². The summed E-state index contributed by atoms with van der Waals surface area (Å²) in [6.45, 7) is 3.96. The number of rotatable bonds is 3. The quantitative estimate of drug-likeness (QED) is 0.877. The third kappa shape index (κ3) is 3.01. The maximum atomic E-state index is 6.08. The lowest BCUT2D eigenvalue weighted by molar-refractivity contribution is 0.459. The molecule has 0 unspecified atom stereocenters. The maximum Gasteiger partial charge on any atom is 0.233 e. The van der Waals surface area contributed by atoms with E-state index < -0.39 is 0 Å². The Balaban J connectivity index is 2.34. The molecule has 1 aromatic carbocycles. The maximum absolute atomic E-state index is 6.08. The number of benzene rings is 1. The van der Waals surface area contributed by atoms with Crippen LogP contribution in [0.25, 0.3) is 0 Å². The van der Waals surface area contributed by atoms with Crippen molar-refractivity contribution in [3.8, 4) is 11.6 Å². The number of nitrogens with two attached hydrogens (primary N) is 1. The number of nitrogens with zero attached hydrogens (tertiary/aromatic N) is 1. The minimum absolute atomic E-state index is 0.496. The first-order valence-corrected chi connectivity index (χ1v) is 7.07. The van der Waals surface area contributed by atoms with Crippen molar-refractivity contribution < 1.29 is 4.74 Å². The van der Waals surface area contributed by atoms with E-state index in [1.54, 1.807) is 6.20 Å². The number of aromatic nitrogens is 1. The van der Waals surface area contributed by atoms with E-state index in [1.807, 2.05) is 32.0 Å². The van der Waals surface area contributed by atoms with Gasteiger partial charge in [0.1, 0.15) is 5.75 Å². The summed E-state index contributed by atoms with van der Waals surface area (Å²) < 4.78 is 6.53.